The average molecular weight is 643 g/mol. The van der Waals surface area contributed by atoms with Crippen LogP contribution in [0.4, 0.5) is 30.2 Å². The fraction of sp³-hybridized carbons (Fsp3) is 0.250. The number of aliphatic hydroxyl groups is 1. The number of halogens is 4. The molecule has 6 rings (SSSR count). The summed E-state index contributed by atoms with van der Waals surface area (Å²) in [4.78, 5) is 4.14. The molecule has 4 atom stereocenters. The Hall–Kier alpha value is -3.77. The summed E-state index contributed by atoms with van der Waals surface area (Å²) in [6.07, 6.45) is -4.33. The van der Waals surface area contributed by atoms with Gasteiger partial charge >= 0.3 is 6.36 Å². The lowest BCUT2D eigenvalue weighted by atomic mass is 9.94. The Morgan fingerprint density at radius 1 is 0.886 bits per heavy atom. The summed E-state index contributed by atoms with van der Waals surface area (Å²) < 4.78 is 67.2. The van der Waals surface area contributed by atoms with E-state index in [1.54, 1.807) is 6.07 Å². The number of hydrogen-bond acceptors (Lipinski definition) is 6. The van der Waals surface area contributed by atoms with Crippen LogP contribution in [0.2, 0.25) is 5.02 Å². The fourth-order valence-electron chi connectivity index (χ4n) is 6.03. The molecule has 0 amide bonds. The van der Waals surface area contributed by atoms with E-state index in [9.17, 15) is 22.5 Å². The molecular formula is C32H30ClF3N4O3S. The lowest BCUT2D eigenvalue weighted by Crippen LogP contribution is -2.65. The molecule has 3 N–H and O–H groups in total. The van der Waals surface area contributed by atoms with Gasteiger partial charge in [0.2, 0.25) is 0 Å². The van der Waals surface area contributed by atoms with E-state index in [0.29, 0.717) is 11.6 Å². The molecule has 0 aliphatic carbocycles. The van der Waals surface area contributed by atoms with Crippen molar-refractivity contribution in [3.63, 3.8) is 0 Å². The Balaban J connectivity index is 1.39. The van der Waals surface area contributed by atoms with Gasteiger partial charge < -0.3 is 19.6 Å². The Bertz CT molecular complexity index is 1710. The number of aliphatic hydroxyl groups excluding tert-OH is 1. The van der Waals surface area contributed by atoms with Gasteiger partial charge in [0.1, 0.15) is 15.7 Å². The van der Waals surface area contributed by atoms with E-state index in [2.05, 4.69) is 26.5 Å². The van der Waals surface area contributed by atoms with Gasteiger partial charge in [0.25, 0.3) is 0 Å². The maximum Gasteiger partial charge on any atom is 0.573 e. The normalized spacial score (nSPS) is 21.5. The summed E-state index contributed by atoms with van der Waals surface area (Å²) >= 11 is 6.35. The predicted molar refractivity (Wildman–Crippen MR) is 165 cm³/mol. The lowest BCUT2D eigenvalue weighted by molar-refractivity contribution is -0.274. The molecule has 0 radical (unpaired) electrons. The number of rotatable bonds is 6. The summed E-state index contributed by atoms with van der Waals surface area (Å²) in [6.45, 7) is 0.589. The maximum atomic E-state index is 13.8. The second-order valence-corrected chi connectivity index (χ2v) is 13.1. The highest BCUT2D eigenvalue weighted by Gasteiger charge is 2.42. The van der Waals surface area contributed by atoms with Gasteiger partial charge in [-0.05, 0) is 78.6 Å². The first-order valence-corrected chi connectivity index (χ1v) is 16.0. The highest BCUT2D eigenvalue weighted by atomic mass is 35.5. The number of piperidine rings is 1. The third-order valence-electron chi connectivity index (χ3n) is 8.01. The first-order valence-electron chi connectivity index (χ1n) is 14.0. The molecule has 1 fully saturated rings. The molecule has 7 nitrogen and oxygen atoms in total. The number of para-hydroxylation sites is 2. The van der Waals surface area contributed by atoms with E-state index in [4.69, 9.17) is 16.4 Å². The van der Waals surface area contributed by atoms with Crippen LogP contribution in [0.25, 0.3) is 0 Å². The third kappa shape index (κ3) is 6.37. The molecular weight excluding hydrogens is 613 g/mol. The second-order valence-electron chi connectivity index (χ2n) is 10.9. The number of ether oxygens (including phenoxy) is 1. The molecule has 2 aliphatic rings. The van der Waals surface area contributed by atoms with Crippen molar-refractivity contribution in [1.29, 1.82) is 4.78 Å². The number of fused-ring (bicyclic) bond motifs is 2. The Morgan fingerprint density at radius 2 is 1.50 bits per heavy atom. The number of hydrogen-bond donors (Lipinski definition) is 3. The molecule has 4 aromatic rings. The number of alkyl halides is 3. The van der Waals surface area contributed by atoms with E-state index < -0.39 is 40.2 Å². The van der Waals surface area contributed by atoms with Crippen molar-refractivity contribution in [3.8, 4) is 5.75 Å². The topological polar surface area (TPSA) is 88.9 Å². The van der Waals surface area contributed by atoms with Gasteiger partial charge in [-0.1, -0.05) is 54.1 Å². The van der Waals surface area contributed by atoms with Gasteiger partial charge in [0.05, 0.1) is 23.1 Å². The number of nitrogens with zero attached hydrogens (tertiary/aromatic N) is 2. The highest BCUT2D eigenvalue weighted by molar-refractivity contribution is 7.90. The molecule has 44 heavy (non-hydrogen) atoms. The van der Waals surface area contributed by atoms with Gasteiger partial charge in [-0.25, -0.2) is 13.7 Å². The Kier molecular flexibility index (Phi) is 8.23. The van der Waals surface area contributed by atoms with Crippen LogP contribution < -0.4 is 19.3 Å². The van der Waals surface area contributed by atoms with Crippen molar-refractivity contribution in [1.82, 2.24) is 4.72 Å². The zero-order valence-corrected chi connectivity index (χ0v) is 24.9. The van der Waals surface area contributed by atoms with Crippen LogP contribution in [0.3, 0.4) is 0 Å². The minimum absolute atomic E-state index is 0.0406. The van der Waals surface area contributed by atoms with Crippen molar-refractivity contribution >= 4 is 38.6 Å². The van der Waals surface area contributed by atoms with E-state index in [-0.39, 0.29) is 11.4 Å². The summed E-state index contributed by atoms with van der Waals surface area (Å²) in [5, 5.41) is 12.5. The van der Waals surface area contributed by atoms with Crippen LogP contribution in [-0.2, 0) is 22.8 Å². The quantitative estimate of drug-likeness (QED) is 0.218. The van der Waals surface area contributed by atoms with Crippen molar-refractivity contribution in [2.45, 2.75) is 42.3 Å². The molecule has 2 aliphatic heterocycles. The highest BCUT2D eigenvalue weighted by Crippen LogP contribution is 2.40. The monoisotopic (exact) mass is 642 g/mol. The summed E-state index contributed by atoms with van der Waals surface area (Å²) in [7, 11) is -3.77. The number of aryl methyl sites for hydroxylation is 2. The van der Waals surface area contributed by atoms with Crippen molar-refractivity contribution in [2.75, 3.05) is 22.9 Å². The van der Waals surface area contributed by atoms with Crippen molar-refractivity contribution in [3.05, 3.63) is 113 Å². The zero-order valence-electron chi connectivity index (χ0n) is 23.4. The summed E-state index contributed by atoms with van der Waals surface area (Å²) in [5.41, 5.74) is 4.97. The third-order valence-corrected chi connectivity index (χ3v) is 9.81. The van der Waals surface area contributed by atoms with Crippen LogP contribution in [0.5, 0.6) is 5.75 Å². The van der Waals surface area contributed by atoms with Crippen molar-refractivity contribution < 1.29 is 27.2 Å². The summed E-state index contributed by atoms with van der Waals surface area (Å²) in [6, 6.07) is 26.4. The van der Waals surface area contributed by atoms with E-state index in [0.717, 1.165) is 65.3 Å². The van der Waals surface area contributed by atoms with Gasteiger partial charge in [0.15, 0.2) is 0 Å². The lowest BCUT2D eigenvalue weighted by Gasteiger charge is -2.48. The SMILES string of the molecule is N=S(=O)(NC1CN(c2cccc(Cl)c2)CC(N2c3ccccc3CCc3ccccc32)C1O)c1ccc(OC(F)(F)F)cc1. The van der Waals surface area contributed by atoms with Crippen LogP contribution in [-0.4, -0.2) is 47.0 Å². The molecule has 1 saturated heterocycles. The van der Waals surface area contributed by atoms with Gasteiger partial charge in [-0.2, -0.15) is 0 Å². The molecule has 0 spiro atoms. The standard InChI is InChI=1S/C32H30ClF3N4O3S/c33-23-8-5-9-24(18-23)39-19-27(38-44(37,42)26-16-14-25(15-17-26)43-32(34,35)36)31(41)30(20-39)40-28-10-3-1-6-21(28)12-13-22-7-2-4-11-29(22)40/h1-11,14-18,27,30-31,41H,12-13,19-20H2,(H2,37,38,42). The number of benzene rings is 4. The van der Waals surface area contributed by atoms with Crippen LogP contribution in [0, 0.1) is 4.78 Å². The molecule has 4 unspecified atom stereocenters. The first-order chi connectivity index (χ1) is 21.0. The molecule has 230 valence electrons. The first kappa shape index (κ1) is 30.3. The molecule has 0 bridgehead atoms. The molecule has 2 heterocycles. The number of nitrogens with one attached hydrogen (secondary N) is 2. The predicted octanol–water partition coefficient (Wildman–Crippen LogP) is 6.70. The Labute approximate surface area is 258 Å². The van der Waals surface area contributed by atoms with Crippen molar-refractivity contribution in [2.24, 2.45) is 0 Å². The van der Waals surface area contributed by atoms with Crippen LogP contribution in [0.1, 0.15) is 11.1 Å². The molecule has 0 aromatic heterocycles. The zero-order chi connectivity index (χ0) is 31.1. The van der Waals surface area contributed by atoms with Crippen LogP contribution >= 0.6 is 11.6 Å². The minimum atomic E-state index is -4.88. The van der Waals surface area contributed by atoms with E-state index in [1.165, 1.54) is 0 Å². The molecule has 0 saturated carbocycles. The number of anilines is 3. The Morgan fingerprint density at radius 3 is 2.09 bits per heavy atom. The van der Waals surface area contributed by atoms with Crippen LogP contribution in [0.15, 0.2) is 102 Å². The van der Waals surface area contributed by atoms with E-state index in [1.807, 2.05) is 59.5 Å². The average Bonchev–Trinajstić information content (AvgIpc) is 3.15. The largest absolute Gasteiger partial charge is 0.573 e. The van der Waals surface area contributed by atoms with Gasteiger partial charge in [-0.15, -0.1) is 13.2 Å². The smallest absolute Gasteiger partial charge is 0.406 e. The minimum Gasteiger partial charge on any atom is -0.406 e. The molecule has 12 heteroatoms. The second kappa shape index (κ2) is 12.0. The summed E-state index contributed by atoms with van der Waals surface area (Å²) in [5.74, 6) is -0.486. The molecule has 4 aromatic carbocycles. The van der Waals surface area contributed by atoms with E-state index >= 15 is 0 Å². The van der Waals surface area contributed by atoms with Gasteiger partial charge in [-0.3, -0.25) is 0 Å². The fourth-order valence-corrected chi connectivity index (χ4v) is 7.51. The van der Waals surface area contributed by atoms with Gasteiger partial charge in [0, 0.05) is 35.2 Å². The maximum absolute atomic E-state index is 13.8.